The smallest absolute Gasteiger partial charge is 0.0546 e. The fraction of sp³-hybridized carbons (Fsp3) is 0. The van der Waals surface area contributed by atoms with E-state index in [-0.39, 0.29) is 0 Å². The summed E-state index contributed by atoms with van der Waals surface area (Å²) < 4.78 is 2.42. The van der Waals surface area contributed by atoms with Crippen LogP contribution in [0, 0.1) is 0 Å². The Balaban J connectivity index is 1.02. The van der Waals surface area contributed by atoms with Crippen LogP contribution in [0.4, 0.5) is 17.1 Å². The molecule has 0 radical (unpaired) electrons. The molecule has 0 bridgehead atoms. The van der Waals surface area contributed by atoms with Crippen LogP contribution in [0.25, 0.3) is 93.9 Å². The van der Waals surface area contributed by atoms with Crippen molar-refractivity contribution in [3.63, 3.8) is 0 Å². The predicted octanol–water partition coefficient (Wildman–Crippen LogP) is 17.7. The fourth-order valence-electron chi connectivity index (χ4n) is 9.85. The van der Waals surface area contributed by atoms with E-state index in [1.54, 1.807) is 0 Å². The molecule has 310 valence electrons. The molecule has 11 aromatic carbocycles. The Morgan fingerprint density at radius 2 is 0.712 bits per heavy atom. The molecule has 2 nitrogen and oxygen atoms in total. The van der Waals surface area contributed by atoms with Crippen LogP contribution in [0.5, 0.6) is 0 Å². The van der Waals surface area contributed by atoms with Gasteiger partial charge in [0.05, 0.1) is 22.4 Å². The van der Waals surface area contributed by atoms with Crippen LogP contribution in [0.2, 0.25) is 0 Å². The summed E-state index contributed by atoms with van der Waals surface area (Å²) in [6.45, 7) is 0. The van der Waals surface area contributed by atoms with Crippen molar-refractivity contribution in [1.29, 1.82) is 0 Å². The predicted molar refractivity (Wildman–Crippen MR) is 280 cm³/mol. The Labute approximate surface area is 385 Å². The van der Waals surface area contributed by atoms with Crippen LogP contribution in [0.3, 0.4) is 0 Å². The van der Waals surface area contributed by atoms with Gasteiger partial charge in [-0.05, 0) is 110 Å². The van der Waals surface area contributed by atoms with Gasteiger partial charge in [-0.25, -0.2) is 0 Å². The highest BCUT2D eigenvalue weighted by atomic mass is 15.1. The molecule has 0 atom stereocenters. The average molecular weight is 841 g/mol. The van der Waals surface area contributed by atoms with Crippen molar-refractivity contribution < 1.29 is 0 Å². The van der Waals surface area contributed by atoms with Gasteiger partial charge in [-0.15, -0.1) is 0 Å². The summed E-state index contributed by atoms with van der Waals surface area (Å²) in [5.74, 6) is 0. The van der Waals surface area contributed by atoms with E-state index in [2.05, 4.69) is 276 Å². The molecule has 0 fully saturated rings. The molecule has 0 saturated heterocycles. The second-order valence-electron chi connectivity index (χ2n) is 16.9. The van der Waals surface area contributed by atoms with Gasteiger partial charge >= 0.3 is 0 Å². The first-order valence-electron chi connectivity index (χ1n) is 22.7. The minimum Gasteiger partial charge on any atom is -0.310 e. The van der Waals surface area contributed by atoms with Crippen molar-refractivity contribution in [3.8, 4) is 61.3 Å². The molecule has 12 rings (SSSR count). The Hall–Kier alpha value is -8.72. The van der Waals surface area contributed by atoms with Crippen molar-refractivity contribution in [1.82, 2.24) is 4.57 Å². The van der Waals surface area contributed by atoms with Crippen molar-refractivity contribution in [2.24, 2.45) is 0 Å². The van der Waals surface area contributed by atoms with Gasteiger partial charge in [0, 0.05) is 33.3 Å². The van der Waals surface area contributed by atoms with E-state index in [1.807, 2.05) is 0 Å². The number of hydrogen-bond acceptors (Lipinski definition) is 1. The summed E-state index contributed by atoms with van der Waals surface area (Å²) in [5, 5.41) is 4.97. The lowest BCUT2D eigenvalue weighted by Crippen LogP contribution is -2.11. The maximum Gasteiger partial charge on any atom is 0.0546 e. The Bertz CT molecular complexity index is 3620. The van der Waals surface area contributed by atoms with Gasteiger partial charge in [0.1, 0.15) is 0 Å². The number of anilines is 3. The molecule has 2 heteroatoms. The van der Waals surface area contributed by atoms with Crippen molar-refractivity contribution in [2.45, 2.75) is 0 Å². The van der Waals surface area contributed by atoms with Gasteiger partial charge in [0.2, 0.25) is 0 Å². The van der Waals surface area contributed by atoms with E-state index in [0.717, 1.165) is 45.0 Å². The van der Waals surface area contributed by atoms with Crippen LogP contribution >= 0.6 is 0 Å². The highest BCUT2D eigenvalue weighted by Crippen LogP contribution is 2.45. The molecule has 1 aromatic heterocycles. The van der Waals surface area contributed by atoms with E-state index < -0.39 is 0 Å². The molecule has 1 heterocycles. The van der Waals surface area contributed by atoms with Gasteiger partial charge in [0.15, 0.2) is 0 Å². The third kappa shape index (κ3) is 7.02. The van der Waals surface area contributed by atoms with Crippen LogP contribution < -0.4 is 4.90 Å². The Kier molecular flexibility index (Phi) is 9.89. The lowest BCUT2D eigenvalue weighted by Gasteiger charge is -2.29. The average Bonchev–Trinajstić information content (AvgIpc) is 3.74. The van der Waals surface area contributed by atoms with E-state index in [9.17, 15) is 0 Å². The van der Waals surface area contributed by atoms with Crippen LogP contribution in [0.1, 0.15) is 0 Å². The number of nitrogens with zero attached hydrogens (tertiary/aromatic N) is 2. The SMILES string of the molecule is c1ccc(-c2cccc(-c3ccc(N(c4ccc(-c5ccccc5-n5c6ccccc6c6ccccc65)cc4)c4cc(-c5cccc6ccccc56)ccc4-c4ccccc4)cc3)c2)cc1. The normalized spacial score (nSPS) is 11.3. The summed E-state index contributed by atoms with van der Waals surface area (Å²) in [6.07, 6.45) is 0. The van der Waals surface area contributed by atoms with Crippen LogP contribution in [0.15, 0.2) is 267 Å². The highest BCUT2D eigenvalue weighted by molar-refractivity contribution is 6.10. The second kappa shape index (κ2) is 16.8. The minimum absolute atomic E-state index is 1.07. The number of benzene rings is 11. The topological polar surface area (TPSA) is 8.17 Å². The Morgan fingerprint density at radius 1 is 0.258 bits per heavy atom. The molecule has 0 amide bonds. The monoisotopic (exact) mass is 840 g/mol. The zero-order chi connectivity index (χ0) is 43.8. The zero-order valence-corrected chi connectivity index (χ0v) is 36.3. The molecular formula is C64H44N2. The molecule has 0 aliphatic heterocycles. The quantitative estimate of drug-likeness (QED) is 0.141. The third-order valence-electron chi connectivity index (χ3n) is 13.0. The van der Waals surface area contributed by atoms with E-state index >= 15 is 0 Å². The van der Waals surface area contributed by atoms with Gasteiger partial charge in [-0.2, -0.15) is 0 Å². The first-order valence-corrected chi connectivity index (χ1v) is 22.7. The lowest BCUT2D eigenvalue weighted by atomic mass is 9.94. The van der Waals surface area contributed by atoms with Crippen molar-refractivity contribution in [3.05, 3.63) is 267 Å². The summed E-state index contributed by atoms with van der Waals surface area (Å²) in [5.41, 5.74) is 18.6. The molecule has 0 aliphatic carbocycles. The fourth-order valence-corrected chi connectivity index (χ4v) is 9.85. The summed E-state index contributed by atoms with van der Waals surface area (Å²) in [6, 6.07) is 96.9. The molecule has 0 N–H and O–H groups in total. The maximum absolute atomic E-state index is 2.43. The standard InChI is InChI=1S/C64H44N2/c1-3-17-45(18-4-1)50-23-15-24-51(43-50)46-33-38-53(39-34-46)65(64-44-52(37-42-58(64)48-19-5-2-6-20-48)56-29-16-22-47-21-7-8-25-55(47)56)54-40-35-49(36-41-54)57-26-9-12-30-61(57)66-62-31-13-10-27-59(62)60-28-11-14-32-63(60)66/h1-44H. The minimum atomic E-state index is 1.07. The number of rotatable bonds is 9. The molecule has 0 unspecified atom stereocenters. The first-order chi connectivity index (χ1) is 32.7. The second-order valence-corrected chi connectivity index (χ2v) is 16.9. The van der Waals surface area contributed by atoms with Gasteiger partial charge in [-0.3, -0.25) is 0 Å². The lowest BCUT2D eigenvalue weighted by molar-refractivity contribution is 1.18. The van der Waals surface area contributed by atoms with Crippen LogP contribution in [-0.2, 0) is 0 Å². The molecule has 12 aromatic rings. The number of fused-ring (bicyclic) bond motifs is 4. The number of hydrogen-bond donors (Lipinski definition) is 0. The summed E-state index contributed by atoms with van der Waals surface area (Å²) in [4.78, 5) is 2.43. The third-order valence-corrected chi connectivity index (χ3v) is 13.0. The van der Waals surface area contributed by atoms with Crippen LogP contribution in [-0.4, -0.2) is 4.57 Å². The Morgan fingerprint density at radius 3 is 1.39 bits per heavy atom. The molecule has 0 saturated carbocycles. The van der Waals surface area contributed by atoms with Crippen molar-refractivity contribution >= 4 is 49.6 Å². The number of aromatic nitrogens is 1. The van der Waals surface area contributed by atoms with Gasteiger partial charge in [-0.1, -0.05) is 212 Å². The molecular weight excluding hydrogens is 797 g/mol. The maximum atomic E-state index is 2.43. The zero-order valence-electron chi connectivity index (χ0n) is 36.3. The summed E-state index contributed by atoms with van der Waals surface area (Å²) >= 11 is 0. The van der Waals surface area contributed by atoms with Crippen molar-refractivity contribution in [2.75, 3.05) is 4.90 Å². The molecule has 66 heavy (non-hydrogen) atoms. The largest absolute Gasteiger partial charge is 0.310 e. The number of para-hydroxylation sites is 3. The van der Waals surface area contributed by atoms with E-state index in [1.165, 1.54) is 66.0 Å². The van der Waals surface area contributed by atoms with E-state index in [0.29, 0.717) is 0 Å². The van der Waals surface area contributed by atoms with E-state index in [4.69, 9.17) is 0 Å². The summed E-state index contributed by atoms with van der Waals surface area (Å²) in [7, 11) is 0. The van der Waals surface area contributed by atoms with Gasteiger partial charge in [0.25, 0.3) is 0 Å². The molecule has 0 aliphatic rings. The van der Waals surface area contributed by atoms with Gasteiger partial charge < -0.3 is 9.47 Å². The highest BCUT2D eigenvalue weighted by Gasteiger charge is 2.21. The molecule has 0 spiro atoms. The first kappa shape index (κ1) is 38.9.